The van der Waals surface area contributed by atoms with Gasteiger partial charge in [0, 0.05) is 31.9 Å². The number of pyridine rings is 1. The maximum absolute atomic E-state index is 5.39. The molecule has 3 rings (SSSR count). The molecule has 7 nitrogen and oxygen atoms in total. The molecular weight excluding hydrogens is 308 g/mol. The van der Waals surface area contributed by atoms with Crippen molar-refractivity contribution in [1.82, 2.24) is 15.6 Å². The molecule has 126 valence electrons. The van der Waals surface area contributed by atoms with E-state index in [4.69, 9.17) is 14.2 Å². The van der Waals surface area contributed by atoms with E-state index in [1.807, 2.05) is 30.3 Å². The van der Waals surface area contributed by atoms with Gasteiger partial charge in [-0.2, -0.15) is 0 Å². The van der Waals surface area contributed by atoms with Gasteiger partial charge in [0.05, 0.1) is 7.11 Å². The van der Waals surface area contributed by atoms with Gasteiger partial charge in [-0.1, -0.05) is 12.1 Å². The lowest BCUT2D eigenvalue weighted by atomic mass is 10.2. The van der Waals surface area contributed by atoms with Crippen LogP contribution in [0.1, 0.15) is 11.1 Å². The second kappa shape index (κ2) is 7.54. The zero-order chi connectivity index (χ0) is 16.8. The van der Waals surface area contributed by atoms with Crippen molar-refractivity contribution in [1.29, 1.82) is 0 Å². The summed E-state index contributed by atoms with van der Waals surface area (Å²) < 4.78 is 15.9. The minimum absolute atomic E-state index is 0.280. The van der Waals surface area contributed by atoms with Crippen LogP contribution in [-0.4, -0.2) is 31.9 Å². The van der Waals surface area contributed by atoms with E-state index in [0.717, 1.165) is 22.6 Å². The quantitative estimate of drug-likeness (QED) is 0.642. The minimum atomic E-state index is 0.280. The molecule has 0 radical (unpaired) electrons. The first-order valence-corrected chi connectivity index (χ1v) is 7.61. The van der Waals surface area contributed by atoms with E-state index in [9.17, 15) is 0 Å². The van der Waals surface area contributed by atoms with Crippen LogP contribution < -0.4 is 24.8 Å². The molecule has 0 amide bonds. The fourth-order valence-electron chi connectivity index (χ4n) is 2.38. The molecule has 1 aliphatic heterocycles. The van der Waals surface area contributed by atoms with Crippen molar-refractivity contribution in [3.63, 3.8) is 0 Å². The number of hydrogen-bond acceptors (Lipinski definition) is 5. The van der Waals surface area contributed by atoms with E-state index in [1.54, 1.807) is 20.4 Å². The smallest absolute Gasteiger partial charge is 0.231 e. The Morgan fingerprint density at radius 1 is 1.21 bits per heavy atom. The molecule has 0 atom stereocenters. The second-order valence-electron chi connectivity index (χ2n) is 5.14. The van der Waals surface area contributed by atoms with Gasteiger partial charge in [-0.25, -0.2) is 4.98 Å². The number of ether oxygens (including phenoxy) is 3. The molecule has 1 aromatic carbocycles. The number of guanidine groups is 1. The molecule has 0 spiro atoms. The van der Waals surface area contributed by atoms with Gasteiger partial charge in [-0.3, -0.25) is 4.99 Å². The molecule has 7 heteroatoms. The monoisotopic (exact) mass is 328 g/mol. The largest absolute Gasteiger partial charge is 0.481 e. The van der Waals surface area contributed by atoms with Crippen molar-refractivity contribution in [3.8, 4) is 17.4 Å². The summed E-state index contributed by atoms with van der Waals surface area (Å²) >= 11 is 0. The van der Waals surface area contributed by atoms with Crippen molar-refractivity contribution < 1.29 is 14.2 Å². The fraction of sp³-hybridized carbons (Fsp3) is 0.294. The van der Waals surface area contributed by atoms with E-state index < -0.39 is 0 Å². The summed E-state index contributed by atoms with van der Waals surface area (Å²) in [5.41, 5.74) is 2.05. The topological polar surface area (TPSA) is 77.0 Å². The molecular formula is C17H20N4O3. The third kappa shape index (κ3) is 3.68. The van der Waals surface area contributed by atoms with E-state index >= 15 is 0 Å². The Hall–Kier alpha value is -2.96. The van der Waals surface area contributed by atoms with E-state index in [-0.39, 0.29) is 6.79 Å². The van der Waals surface area contributed by atoms with Crippen LogP contribution in [0.25, 0.3) is 0 Å². The minimum Gasteiger partial charge on any atom is -0.481 e. The fourth-order valence-corrected chi connectivity index (χ4v) is 2.38. The van der Waals surface area contributed by atoms with Crippen molar-refractivity contribution in [3.05, 3.63) is 47.7 Å². The molecule has 0 bridgehead atoms. The molecule has 2 N–H and O–H groups in total. The SMILES string of the molecule is CN=C(NCc1ccc2c(c1)OCO2)NCc1cccnc1OC. The first-order valence-electron chi connectivity index (χ1n) is 7.61. The molecule has 0 unspecified atom stereocenters. The summed E-state index contributed by atoms with van der Waals surface area (Å²) in [4.78, 5) is 8.40. The summed E-state index contributed by atoms with van der Waals surface area (Å²) in [5, 5.41) is 6.51. The number of benzene rings is 1. The first kappa shape index (κ1) is 15.9. The van der Waals surface area contributed by atoms with Gasteiger partial charge in [0.15, 0.2) is 17.5 Å². The van der Waals surface area contributed by atoms with Gasteiger partial charge in [0.1, 0.15) is 0 Å². The van der Waals surface area contributed by atoms with Crippen molar-refractivity contribution in [2.75, 3.05) is 21.0 Å². The number of nitrogens with zero attached hydrogens (tertiary/aromatic N) is 2. The highest BCUT2D eigenvalue weighted by Gasteiger charge is 2.13. The third-order valence-corrected chi connectivity index (χ3v) is 3.61. The Bertz CT molecular complexity index is 734. The van der Waals surface area contributed by atoms with E-state index in [1.165, 1.54) is 0 Å². The lowest BCUT2D eigenvalue weighted by molar-refractivity contribution is 0.174. The van der Waals surface area contributed by atoms with Crippen LogP contribution in [0.3, 0.4) is 0 Å². The van der Waals surface area contributed by atoms with Gasteiger partial charge in [0.2, 0.25) is 12.7 Å². The standard InChI is InChI=1S/C17H20N4O3/c1-18-17(21-10-13-4-3-7-19-16(13)22-2)20-9-12-5-6-14-15(8-12)24-11-23-14/h3-8H,9-11H2,1-2H3,(H2,18,20,21). The average molecular weight is 328 g/mol. The molecule has 0 aliphatic carbocycles. The molecule has 24 heavy (non-hydrogen) atoms. The Kier molecular flexibility index (Phi) is 5.00. The summed E-state index contributed by atoms with van der Waals surface area (Å²) in [7, 11) is 3.34. The molecule has 0 saturated heterocycles. The lowest BCUT2D eigenvalue weighted by Gasteiger charge is -2.13. The second-order valence-corrected chi connectivity index (χ2v) is 5.14. The summed E-state index contributed by atoms with van der Waals surface area (Å²) in [6, 6.07) is 9.72. The summed E-state index contributed by atoms with van der Waals surface area (Å²) in [6.07, 6.45) is 1.70. The molecule has 1 aromatic heterocycles. The number of rotatable bonds is 5. The maximum Gasteiger partial charge on any atom is 0.231 e. The zero-order valence-corrected chi connectivity index (χ0v) is 13.7. The van der Waals surface area contributed by atoms with Gasteiger partial charge >= 0.3 is 0 Å². The van der Waals surface area contributed by atoms with E-state index in [2.05, 4.69) is 20.6 Å². The number of nitrogens with one attached hydrogen (secondary N) is 2. The average Bonchev–Trinajstić information content (AvgIpc) is 3.10. The molecule has 1 aliphatic rings. The van der Waals surface area contributed by atoms with Crippen molar-refractivity contribution >= 4 is 5.96 Å². The van der Waals surface area contributed by atoms with Crippen LogP contribution in [-0.2, 0) is 13.1 Å². The number of fused-ring (bicyclic) bond motifs is 1. The summed E-state index contributed by atoms with van der Waals surface area (Å²) in [6.45, 7) is 1.47. The highest BCUT2D eigenvalue weighted by molar-refractivity contribution is 5.79. The normalized spacial score (nSPS) is 12.8. The zero-order valence-electron chi connectivity index (χ0n) is 13.7. The van der Waals surface area contributed by atoms with Crippen LogP contribution in [0.2, 0.25) is 0 Å². The van der Waals surface area contributed by atoms with Crippen LogP contribution >= 0.6 is 0 Å². The van der Waals surface area contributed by atoms with Crippen molar-refractivity contribution in [2.45, 2.75) is 13.1 Å². The Morgan fingerprint density at radius 3 is 2.88 bits per heavy atom. The van der Waals surface area contributed by atoms with Gasteiger partial charge < -0.3 is 24.8 Å². The lowest BCUT2D eigenvalue weighted by Crippen LogP contribution is -2.36. The first-order chi connectivity index (χ1) is 11.8. The molecule has 2 aromatic rings. The Balaban J connectivity index is 1.55. The maximum atomic E-state index is 5.39. The Labute approximate surface area is 140 Å². The van der Waals surface area contributed by atoms with Crippen LogP contribution in [0.4, 0.5) is 0 Å². The number of aliphatic imine (C=N–C) groups is 1. The number of aromatic nitrogens is 1. The predicted octanol–water partition coefficient (Wildman–Crippen LogP) is 1.68. The molecule has 0 saturated carbocycles. The molecule has 0 fully saturated rings. The van der Waals surface area contributed by atoms with Crippen LogP contribution in [0.15, 0.2) is 41.5 Å². The van der Waals surface area contributed by atoms with Crippen molar-refractivity contribution in [2.24, 2.45) is 4.99 Å². The van der Waals surface area contributed by atoms with Crippen LogP contribution in [0, 0.1) is 0 Å². The summed E-state index contributed by atoms with van der Waals surface area (Å²) in [5.74, 6) is 2.86. The molecule has 2 heterocycles. The van der Waals surface area contributed by atoms with Crippen LogP contribution in [0.5, 0.6) is 17.4 Å². The number of methoxy groups -OCH3 is 1. The predicted molar refractivity (Wildman–Crippen MR) is 90.4 cm³/mol. The third-order valence-electron chi connectivity index (χ3n) is 3.61. The van der Waals surface area contributed by atoms with Gasteiger partial charge in [0.25, 0.3) is 0 Å². The van der Waals surface area contributed by atoms with E-state index in [0.29, 0.717) is 24.9 Å². The van der Waals surface area contributed by atoms with Gasteiger partial charge in [-0.15, -0.1) is 0 Å². The highest BCUT2D eigenvalue weighted by Crippen LogP contribution is 2.32. The Morgan fingerprint density at radius 2 is 2.04 bits per heavy atom. The van der Waals surface area contributed by atoms with Gasteiger partial charge in [-0.05, 0) is 23.8 Å². The highest BCUT2D eigenvalue weighted by atomic mass is 16.7. The number of hydrogen-bond donors (Lipinski definition) is 2.